The van der Waals surface area contributed by atoms with E-state index in [2.05, 4.69) is 0 Å². The molecule has 0 aliphatic rings. The number of benzene rings is 3. The second-order valence-corrected chi connectivity index (χ2v) is 10.7. The van der Waals surface area contributed by atoms with E-state index in [1.54, 1.807) is 43.3 Å². The molecule has 43 heavy (non-hydrogen) atoms. The normalized spacial score (nSPS) is 11.7. The predicted octanol–water partition coefficient (Wildman–Crippen LogP) is 4.45. The summed E-state index contributed by atoms with van der Waals surface area (Å²) in [6.45, 7) is 1.63. The summed E-state index contributed by atoms with van der Waals surface area (Å²) in [5, 5.41) is 13.5. The molecule has 0 atom stereocenters. The number of aromatic nitrogens is 1. The Morgan fingerprint density at radius 2 is 1.60 bits per heavy atom. The Balaban J connectivity index is 1.80. The molecule has 0 aliphatic carbocycles. The van der Waals surface area contributed by atoms with Crippen molar-refractivity contribution in [3.63, 3.8) is 0 Å². The Hall–Kier alpha value is -4.95. The maximum absolute atomic E-state index is 13.2. The molecule has 0 unspecified atom stereocenters. The molecule has 0 spiro atoms. The Labute approximate surface area is 244 Å². The van der Waals surface area contributed by atoms with Crippen LogP contribution in [-0.2, 0) is 26.1 Å². The highest BCUT2D eigenvalue weighted by Crippen LogP contribution is 2.35. The summed E-state index contributed by atoms with van der Waals surface area (Å²) >= 11 is 0. The highest BCUT2D eigenvalue weighted by atomic mass is 32.2. The summed E-state index contributed by atoms with van der Waals surface area (Å²) in [6, 6.07) is 16.2. The second-order valence-electron chi connectivity index (χ2n) is 9.22. The van der Waals surface area contributed by atoms with Gasteiger partial charge in [-0.3, -0.25) is 5.41 Å². The lowest BCUT2D eigenvalue weighted by atomic mass is 9.94. The fourth-order valence-corrected chi connectivity index (χ4v) is 5.08. The number of halogens is 3. The number of nitrogens with two attached hydrogens (primary N) is 2. The van der Waals surface area contributed by atoms with Crippen molar-refractivity contribution in [2.75, 3.05) is 6.61 Å². The van der Waals surface area contributed by atoms with Crippen molar-refractivity contribution < 1.29 is 40.7 Å². The van der Waals surface area contributed by atoms with Crippen molar-refractivity contribution in [2.45, 2.75) is 24.5 Å². The van der Waals surface area contributed by atoms with Crippen LogP contribution < -0.4 is 15.6 Å². The number of alkyl halides is 3. The number of amidine groups is 1. The number of nitrogens with one attached hydrogen (secondary N) is 1. The van der Waals surface area contributed by atoms with Gasteiger partial charge in [-0.25, -0.2) is 23.1 Å². The minimum absolute atomic E-state index is 0.0660. The van der Waals surface area contributed by atoms with Gasteiger partial charge in [0, 0.05) is 29.1 Å². The van der Waals surface area contributed by atoms with Gasteiger partial charge in [0.15, 0.2) is 0 Å². The van der Waals surface area contributed by atoms with Crippen LogP contribution in [0, 0.1) is 5.41 Å². The largest absolute Gasteiger partial charge is 0.491 e. The number of carbonyl (C=O) groups is 2. The molecule has 5 N–H and O–H groups in total. The van der Waals surface area contributed by atoms with Crippen LogP contribution in [0.25, 0.3) is 22.3 Å². The number of nitrogen functional groups attached to an aromatic ring is 1. The van der Waals surface area contributed by atoms with Gasteiger partial charge in [0.25, 0.3) is 0 Å². The maximum Gasteiger partial charge on any atom is 0.491 e. The first-order chi connectivity index (χ1) is 20.2. The highest BCUT2D eigenvalue weighted by Gasteiger charge is 2.42. The van der Waals surface area contributed by atoms with Crippen LogP contribution in [0.15, 0.2) is 84.0 Å². The Morgan fingerprint density at radius 3 is 2.19 bits per heavy atom. The smallest absolute Gasteiger partial charge is 0.462 e. The molecule has 0 saturated carbocycles. The highest BCUT2D eigenvalue weighted by molar-refractivity contribution is 7.89. The van der Waals surface area contributed by atoms with Crippen LogP contribution in [0.1, 0.15) is 28.4 Å². The number of sulfonamides is 1. The van der Waals surface area contributed by atoms with Crippen molar-refractivity contribution in [3.8, 4) is 28.0 Å². The summed E-state index contributed by atoms with van der Waals surface area (Å²) in [5.74, 6) is -3.92. The zero-order chi connectivity index (χ0) is 31.5. The number of carbonyl (C=O) groups excluding carboxylic acids is 2. The first-order valence-corrected chi connectivity index (χ1v) is 14.1. The van der Waals surface area contributed by atoms with Gasteiger partial charge < -0.3 is 19.8 Å². The first kappa shape index (κ1) is 31.0. The number of primary sulfonamides is 1. The van der Waals surface area contributed by atoms with E-state index < -0.39 is 39.7 Å². The molecule has 224 valence electrons. The van der Waals surface area contributed by atoms with Gasteiger partial charge in [0.05, 0.1) is 23.6 Å². The van der Waals surface area contributed by atoms with Gasteiger partial charge in [0.2, 0.25) is 10.0 Å². The van der Waals surface area contributed by atoms with Crippen LogP contribution in [0.5, 0.6) is 5.75 Å². The topological polar surface area (TPSA) is 168 Å². The van der Waals surface area contributed by atoms with E-state index in [9.17, 15) is 31.2 Å². The molecule has 4 rings (SSSR count). The van der Waals surface area contributed by atoms with Gasteiger partial charge >= 0.3 is 18.1 Å². The van der Waals surface area contributed by atoms with Gasteiger partial charge in [-0.2, -0.15) is 13.2 Å². The number of nitrogens with zero attached hydrogens (tertiary/aromatic N) is 1. The third kappa shape index (κ3) is 7.10. The average Bonchev–Trinajstić information content (AvgIpc) is 3.41. The van der Waals surface area contributed by atoms with E-state index >= 15 is 0 Å². The molecular weight excluding hydrogens is 589 g/mol. The molecule has 0 amide bonds. The maximum atomic E-state index is 13.2. The Kier molecular flexibility index (Phi) is 8.73. The first-order valence-electron chi connectivity index (χ1n) is 12.5. The van der Waals surface area contributed by atoms with Crippen LogP contribution in [-0.4, -0.2) is 43.5 Å². The van der Waals surface area contributed by atoms with Crippen molar-refractivity contribution >= 4 is 27.8 Å². The number of esters is 2. The third-order valence-corrected chi connectivity index (χ3v) is 7.21. The van der Waals surface area contributed by atoms with E-state index in [0.717, 1.165) is 0 Å². The summed E-state index contributed by atoms with van der Waals surface area (Å²) in [6.07, 6.45) is -2.40. The summed E-state index contributed by atoms with van der Waals surface area (Å²) in [7, 11) is -4.04. The quantitative estimate of drug-likeness (QED) is 0.108. The van der Waals surface area contributed by atoms with Gasteiger partial charge in [-0.1, -0.05) is 42.5 Å². The Bertz CT molecular complexity index is 1820. The fourth-order valence-electron chi connectivity index (χ4n) is 4.32. The van der Waals surface area contributed by atoms with Crippen LogP contribution in [0.4, 0.5) is 13.2 Å². The monoisotopic (exact) mass is 614 g/mol. The van der Waals surface area contributed by atoms with Gasteiger partial charge in [-0.15, -0.1) is 0 Å². The SMILES string of the molecule is CCOC(=O)c1ccn(Cc2cc(C(=N)N)c(-c3ccc(-c4ccccc4S(N)(=O)=O)cc3)cc2OC(=O)C(F)(F)F)c1. The van der Waals surface area contributed by atoms with Crippen LogP contribution in [0.2, 0.25) is 0 Å². The molecule has 0 bridgehead atoms. The molecular formula is C29H25F3N4O6S. The van der Waals surface area contributed by atoms with Gasteiger partial charge in [-0.05, 0) is 47.9 Å². The lowest BCUT2D eigenvalue weighted by Crippen LogP contribution is -2.28. The number of hydrogen-bond acceptors (Lipinski definition) is 7. The predicted molar refractivity (Wildman–Crippen MR) is 151 cm³/mol. The molecule has 0 radical (unpaired) electrons. The number of ether oxygens (including phenoxy) is 2. The van der Waals surface area contributed by atoms with E-state index in [-0.39, 0.29) is 40.3 Å². The van der Waals surface area contributed by atoms with Crippen molar-refractivity contribution in [1.82, 2.24) is 4.57 Å². The standard InChI is InChI=1S/C29H25F3N4O6S/c1-2-41-27(37)19-11-12-36(15-19)16-20-13-23(26(33)34)22(14-24(20)42-28(38)29(30,31)32)18-9-7-17(8-10-18)21-5-3-4-6-25(21)43(35,39)40/h3-15H,2,16H2,1H3,(H3,33,34)(H2,35,39,40). The van der Waals surface area contributed by atoms with E-state index in [0.29, 0.717) is 16.7 Å². The van der Waals surface area contributed by atoms with E-state index in [1.807, 2.05) is 0 Å². The Morgan fingerprint density at radius 1 is 0.977 bits per heavy atom. The molecule has 0 aliphatic heterocycles. The van der Waals surface area contributed by atoms with Gasteiger partial charge in [0.1, 0.15) is 11.6 Å². The minimum atomic E-state index is -5.29. The molecule has 3 aromatic carbocycles. The van der Waals surface area contributed by atoms with E-state index in [1.165, 1.54) is 47.3 Å². The lowest BCUT2D eigenvalue weighted by molar-refractivity contribution is -0.189. The average molecular weight is 615 g/mol. The number of hydrogen-bond donors (Lipinski definition) is 3. The zero-order valence-corrected chi connectivity index (χ0v) is 23.3. The zero-order valence-electron chi connectivity index (χ0n) is 22.5. The lowest BCUT2D eigenvalue weighted by Gasteiger charge is -2.17. The van der Waals surface area contributed by atoms with Crippen LogP contribution in [0.3, 0.4) is 0 Å². The second kappa shape index (κ2) is 12.1. The molecule has 10 nitrogen and oxygen atoms in total. The summed E-state index contributed by atoms with van der Waals surface area (Å²) in [5.41, 5.74) is 7.59. The molecule has 1 aromatic heterocycles. The number of rotatable bonds is 9. The van der Waals surface area contributed by atoms with E-state index in [4.69, 9.17) is 25.8 Å². The molecule has 4 aromatic rings. The van der Waals surface area contributed by atoms with Crippen molar-refractivity contribution in [2.24, 2.45) is 10.9 Å². The van der Waals surface area contributed by atoms with Crippen molar-refractivity contribution in [3.05, 3.63) is 95.8 Å². The van der Waals surface area contributed by atoms with Crippen LogP contribution >= 0.6 is 0 Å². The minimum Gasteiger partial charge on any atom is -0.462 e. The molecule has 0 saturated heterocycles. The fraction of sp³-hybridized carbons (Fsp3) is 0.138. The molecule has 1 heterocycles. The third-order valence-electron chi connectivity index (χ3n) is 6.24. The van der Waals surface area contributed by atoms with Crippen molar-refractivity contribution in [1.29, 1.82) is 5.41 Å². The molecule has 14 heteroatoms. The molecule has 0 fully saturated rings. The summed E-state index contributed by atoms with van der Waals surface area (Å²) in [4.78, 5) is 23.8. The summed E-state index contributed by atoms with van der Waals surface area (Å²) < 4.78 is 74.8.